The van der Waals surface area contributed by atoms with Crippen LogP contribution < -0.4 is 27.0 Å². The molecule has 0 aromatic carbocycles. The van der Waals surface area contributed by atoms with Crippen molar-refractivity contribution in [3.8, 4) is 0 Å². The number of carbonyl (C=O) groups is 5. The van der Waals surface area contributed by atoms with Gasteiger partial charge in [0.2, 0.25) is 23.6 Å². The number of carbonyl (C=O) groups excluding carboxylic acids is 5. The van der Waals surface area contributed by atoms with Crippen LogP contribution >= 0.6 is 0 Å². The molecular formula is C41H69N5O25. The van der Waals surface area contributed by atoms with Gasteiger partial charge in [0.25, 0.3) is 0 Å². The van der Waals surface area contributed by atoms with Crippen LogP contribution in [-0.4, -0.2) is 260 Å². The van der Waals surface area contributed by atoms with E-state index in [1.165, 1.54) is 0 Å². The summed E-state index contributed by atoms with van der Waals surface area (Å²) in [5, 5.41) is 120. The number of amides is 4. The lowest BCUT2D eigenvalue weighted by molar-refractivity contribution is -0.366. The highest BCUT2D eigenvalue weighted by molar-refractivity contribution is 5.74. The van der Waals surface area contributed by atoms with Crippen molar-refractivity contribution in [1.29, 1.82) is 0 Å². The zero-order valence-electron chi connectivity index (χ0n) is 39.6. The molecule has 5 saturated heterocycles. The number of ether oxygens (including phenoxy) is 10. The van der Waals surface area contributed by atoms with E-state index in [2.05, 4.69) is 21.3 Å². The van der Waals surface area contributed by atoms with Gasteiger partial charge in [-0.05, 0) is 6.42 Å². The Morgan fingerprint density at radius 1 is 0.451 bits per heavy atom. The third kappa shape index (κ3) is 13.8. The number of hydrogen-bond acceptors (Lipinski definition) is 26. The number of esters is 1. The van der Waals surface area contributed by atoms with E-state index in [1.807, 2.05) is 0 Å². The van der Waals surface area contributed by atoms with E-state index in [-0.39, 0.29) is 6.42 Å². The second-order valence-electron chi connectivity index (χ2n) is 17.8. The van der Waals surface area contributed by atoms with Gasteiger partial charge >= 0.3 is 5.97 Å². The molecule has 408 valence electrons. The third-order valence-corrected chi connectivity index (χ3v) is 12.5. The molecule has 4 amide bonds. The van der Waals surface area contributed by atoms with Gasteiger partial charge in [-0.3, -0.25) is 24.0 Å². The molecule has 25 unspecified atom stereocenters. The predicted molar refractivity (Wildman–Crippen MR) is 228 cm³/mol. The molecule has 25 atom stereocenters. The van der Waals surface area contributed by atoms with Crippen LogP contribution in [0.3, 0.4) is 0 Å². The maximum absolute atomic E-state index is 12.7. The van der Waals surface area contributed by atoms with Gasteiger partial charge in [-0.2, -0.15) is 0 Å². The fourth-order valence-electron chi connectivity index (χ4n) is 9.07. The molecule has 0 aromatic heterocycles. The van der Waals surface area contributed by atoms with Crippen molar-refractivity contribution in [2.24, 2.45) is 5.73 Å². The minimum absolute atomic E-state index is 0.145. The summed E-state index contributed by atoms with van der Waals surface area (Å²) in [7, 11) is 0. The maximum atomic E-state index is 12.7. The number of aliphatic hydroxyl groups excluding tert-OH is 10. The van der Waals surface area contributed by atoms with E-state index >= 15 is 0 Å². The van der Waals surface area contributed by atoms with Crippen molar-refractivity contribution in [3.05, 3.63) is 0 Å². The Morgan fingerprint density at radius 2 is 0.775 bits per heavy atom. The van der Waals surface area contributed by atoms with Crippen molar-refractivity contribution in [3.63, 3.8) is 0 Å². The molecule has 30 nitrogen and oxygen atoms in total. The van der Waals surface area contributed by atoms with E-state index in [9.17, 15) is 75.0 Å². The molecule has 0 aromatic rings. The van der Waals surface area contributed by atoms with Crippen LogP contribution in [-0.2, 0) is 71.3 Å². The largest absolute Gasteiger partial charge is 0.463 e. The summed E-state index contributed by atoms with van der Waals surface area (Å²) in [4.78, 5) is 61.1. The summed E-state index contributed by atoms with van der Waals surface area (Å²) in [5.41, 5.74) is 6.10. The molecule has 0 saturated carbocycles. The Morgan fingerprint density at radius 3 is 1.11 bits per heavy atom. The van der Waals surface area contributed by atoms with E-state index in [0.29, 0.717) is 0 Å². The van der Waals surface area contributed by atoms with E-state index in [1.54, 1.807) is 6.92 Å². The van der Waals surface area contributed by atoms with Gasteiger partial charge in [0.1, 0.15) is 116 Å². The van der Waals surface area contributed by atoms with Crippen LogP contribution in [0.1, 0.15) is 48.0 Å². The molecule has 5 fully saturated rings. The molecule has 0 radical (unpaired) electrons. The first kappa shape index (κ1) is 58.4. The topological polar surface area (TPSA) is 454 Å². The summed E-state index contributed by atoms with van der Waals surface area (Å²) in [6, 6.07) is -7.76. The highest BCUT2D eigenvalue weighted by Crippen LogP contribution is 2.36. The van der Waals surface area contributed by atoms with Gasteiger partial charge in [-0.25, -0.2) is 0 Å². The van der Waals surface area contributed by atoms with E-state index in [4.69, 9.17) is 53.1 Å². The highest BCUT2D eigenvalue weighted by atomic mass is 16.8. The second-order valence-corrected chi connectivity index (χ2v) is 17.8. The molecule has 71 heavy (non-hydrogen) atoms. The summed E-state index contributed by atoms with van der Waals surface area (Å²) in [5.74, 6) is -3.63. The Hall–Kier alpha value is -3.45. The predicted octanol–water partition coefficient (Wildman–Crippen LogP) is -9.39. The number of rotatable bonds is 18. The highest BCUT2D eigenvalue weighted by Gasteiger charge is 2.57. The molecule has 0 spiro atoms. The molecule has 5 aliphatic heterocycles. The van der Waals surface area contributed by atoms with E-state index in [0.717, 1.165) is 34.6 Å². The molecule has 16 N–H and O–H groups in total. The van der Waals surface area contributed by atoms with Crippen molar-refractivity contribution in [2.75, 3.05) is 26.4 Å². The Kier molecular flexibility index (Phi) is 21.1. The van der Waals surface area contributed by atoms with Crippen molar-refractivity contribution in [2.45, 2.75) is 201 Å². The van der Waals surface area contributed by atoms with E-state index < -0.39 is 209 Å². The summed E-state index contributed by atoms with van der Waals surface area (Å²) in [6.07, 6.45) is -32.9. The zero-order valence-corrected chi connectivity index (χ0v) is 39.6. The molecule has 5 aliphatic rings. The Labute approximate surface area is 406 Å². The summed E-state index contributed by atoms with van der Waals surface area (Å²) < 4.78 is 58.5. The normalized spacial score (nSPS) is 43.9. The Balaban J connectivity index is 1.38. The van der Waals surface area contributed by atoms with Crippen LogP contribution in [0.5, 0.6) is 0 Å². The number of hydrogen-bond donors (Lipinski definition) is 15. The molecule has 30 heteroatoms. The zero-order chi connectivity index (χ0) is 52.8. The molecule has 0 aliphatic carbocycles. The maximum Gasteiger partial charge on any atom is 0.302 e. The fraction of sp³-hybridized carbons (Fsp3) is 0.878. The molecule has 5 rings (SSSR count). The van der Waals surface area contributed by atoms with Crippen LogP contribution in [0.2, 0.25) is 0 Å². The minimum atomic E-state index is -1.96. The number of nitrogens with one attached hydrogen (secondary N) is 4. The van der Waals surface area contributed by atoms with Crippen LogP contribution in [0, 0.1) is 0 Å². The van der Waals surface area contributed by atoms with Crippen LogP contribution in [0.25, 0.3) is 0 Å². The monoisotopic (exact) mass is 1030 g/mol. The van der Waals surface area contributed by atoms with Gasteiger partial charge < -0.3 is 125 Å². The van der Waals surface area contributed by atoms with Crippen molar-refractivity contribution in [1.82, 2.24) is 21.3 Å². The van der Waals surface area contributed by atoms with Crippen LogP contribution in [0.4, 0.5) is 0 Å². The fourth-order valence-corrected chi connectivity index (χ4v) is 9.07. The SMILES string of the molecule is CCC1OC(O)C(NC(C)=O)C(O)C1OC1OC(CO)C(OC2OC(CO)C(OC3OC(CO)C(OC4OC(COC(C)=O)C(O)C(O)C4N)C(O)C3NC(C)=O)C(O)C2NC(C)=O)C(O)C1NC(C)=O. The average Bonchev–Trinajstić information content (AvgIpc) is 3.30. The lowest BCUT2D eigenvalue weighted by Gasteiger charge is -2.51. The lowest BCUT2D eigenvalue weighted by Crippen LogP contribution is -2.72. The molecule has 0 bridgehead atoms. The van der Waals surface area contributed by atoms with Gasteiger partial charge in [0.05, 0.1) is 32.0 Å². The number of aliphatic hydroxyl groups is 10. The van der Waals surface area contributed by atoms with Crippen molar-refractivity contribution < 1.29 is 122 Å². The minimum Gasteiger partial charge on any atom is -0.463 e. The molecular weight excluding hydrogens is 962 g/mol. The van der Waals surface area contributed by atoms with Crippen LogP contribution in [0.15, 0.2) is 0 Å². The first-order valence-electron chi connectivity index (χ1n) is 22.9. The average molecular weight is 1030 g/mol. The third-order valence-electron chi connectivity index (χ3n) is 12.5. The quantitative estimate of drug-likeness (QED) is 0.0567. The number of nitrogens with two attached hydrogens (primary N) is 1. The molecule has 5 heterocycles. The smallest absolute Gasteiger partial charge is 0.302 e. The first-order valence-corrected chi connectivity index (χ1v) is 22.9. The summed E-state index contributed by atoms with van der Waals surface area (Å²) in [6.45, 7) is 3.74. The van der Waals surface area contributed by atoms with Gasteiger partial charge in [0.15, 0.2) is 31.5 Å². The van der Waals surface area contributed by atoms with Gasteiger partial charge in [0, 0.05) is 34.6 Å². The second kappa shape index (κ2) is 25.7. The first-order chi connectivity index (χ1) is 33.5. The standard InChI is InChI=1S/C41H69N5O25/c1-7-17-33(29(57)23(37(61)63-17)43-12(2)50)69-39-25(45-14(4)52)31(59)35(19(9-48)65-39)71-41-26(46-15(5)53)32(60)36(20(10-49)66-41)70-40-24(44-13(3)51)30(58)34(18(8-47)64-40)68-38-22(42)28(56)27(55)21(67-38)11-62-16(6)54/h17-41,47-49,55-61H,7-11,42H2,1-6H3,(H,43,50)(H,44,51)(H,45,52)(H,46,53). The van der Waals surface area contributed by atoms with Crippen molar-refractivity contribution >= 4 is 29.6 Å². The lowest BCUT2D eigenvalue weighted by atomic mass is 9.92. The van der Waals surface area contributed by atoms with Gasteiger partial charge in [-0.15, -0.1) is 0 Å². The Bertz CT molecular complexity index is 1790. The summed E-state index contributed by atoms with van der Waals surface area (Å²) >= 11 is 0. The van der Waals surface area contributed by atoms with Gasteiger partial charge in [-0.1, -0.05) is 6.92 Å².